The highest BCUT2D eigenvalue weighted by Gasteiger charge is 2.40. The molecule has 0 spiro atoms. The predicted molar refractivity (Wildman–Crippen MR) is 141 cm³/mol. The van der Waals surface area contributed by atoms with Gasteiger partial charge in [0.2, 0.25) is 17.7 Å². The standard InChI is InChI=1S/C27H31F7N8O3/c28-25(29)45-10-9-41-23(35-14-37-41)24(44)40-22(16-3-6-26(30,31)7-4-16)18-13-42-19(38-18)11-17(12-36-42)21(15-1-2-15)39-20(43)5-8-27(32,33)34/h11-16,21-22,25H,1-10H2,(H,39,43)(H,40,44)/t21?,22-/m0/s1. The molecule has 11 nitrogen and oxygen atoms in total. The summed E-state index contributed by atoms with van der Waals surface area (Å²) < 4.78 is 97.4. The van der Waals surface area contributed by atoms with Gasteiger partial charge in [0.25, 0.3) is 5.91 Å². The summed E-state index contributed by atoms with van der Waals surface area (Å²) in [6.07, 6.45) is -1.41. The number of nitrogens with one attached hydrogen (secondary N) is 2. The van der Waals surface area contributed by atoms with E-state index in [1.54, 1.807) is 6.07 Å². The molecule has 0 radical (unpaired) electrons. The highest BCUT2D eigenvalue weighted by Crippen LogP contribution is 2.43. The van der Waals surface area contributed by atoms with Gasteiger partial charge < -0.3 is 15.4 Å². The molecule has 3 aromatic heterocycles. The molecule has 2 N–H and O–H groups in total. The predicted octanol–water partition coefficient (Wildman–Crippen LogP) is 4.77. The number of fused-ring (bicyclic) bond motifs is 1. The van der Waals surface area contributed by atoms with Crippen LogP contribution in [-0.4, -0.2) is 66.5 Å². The number of halogens is 7. The fourth-order valence-corrected chi connectivity index (χ4v) is 5.50. The Labute approximate surface area is 251 Å². The van der Waals surface area contributed by atoms with Gasteiger partial charge in [-0.25, -0.2) is 27.9 Å². The average molecular weight is 649 g/mol. The van der Waals surface area contributed by atoms with Gasteiger partial charge in [0.05, 0.1) is 49.7 Å². The van der Waals surface area contributed by atoms with Crippen molar-refractivity contribution in [2.45, 2.75) is 88.7 Å². The van der Waals surface area contributed by atoms with Crippen molar-refractivity contribution in [1.29, 1.82) is 0 Å². The van der Waals surface area contributed by atoms with E-state index in [1.807, 2.05) is 0 Å². The molecular weight excluding hydrogens is 617 g/mol. The van der Waals surface area contributed by atoms with Crippen molar-refractivity contribution in [2.24, 2.45) is 11.8 Å². The highest BCUT2D eigenvalue weighted by atomic mass is 19.4. The number of nitrogens with zero attached hydrogens (tertiary/aromatic N) is 6. The normalized spacial score (nSPS) is 18.7. The number of alkyl halides is 7. The van der Waals surface area contributed by atoms with Gasteiger partial charge in [-0.05, 0) is 49.1 Å². The molecular formula is C27H31F7N8O3. The van der Waals surface area contributed by atoms with Crippen molar-refractivity contribution in [3.63, 3.8) is 0 Å². The number of carbonyl (C=O) groups excluding carboxylic acids is 2. The second kappa shape index (κ2) is 13.3. The Balaban J connectivity index is 1.37. The molecule has 5 rings (SSSR count). The number of carbonyl (C=O) groups is 2. The summed E-state index contributed by atoms with van der Waals surface area (Å²) in [5.41, 5.74) is 1.16. The SMILES string of the molecule is O=C(CCC(F)(F)F)NC(c1cnn2cc([C@@H](NC(=O)c3ncnn3CCOC(F)F)C3CCC(F)(F)CC3)nc2c1)C1CC1. The quantitative estimate of drug-likeness (QED) is 0.256. The van der Waals surface area contributed by atoms with Crippen LogP contribution in [0, 0.1) is 11.8 Å². The Kier molecular flexibility index (Phi) is 9.60. The summed E-state index contributed by atoms with van der Waals surface area (Å²) in [6, 6.07) is 0.208. The molecule has 0 aromatic carbocycles. The zero-order valence-electron chi connectivity index (χ0n) is 23.8. The summed E-state index contributed by atoms with van der Waals surface area (Å²) in [4.78, 5) is 34.1. The first kappa shape index (κ1) is 32.6. The summed E-state index contributed by atoms with van der Waals surface area (Å²) >= 11 is 0. The van der Waals surface area contributed by atoms with Crippen LogP contribution in [0.4, 0.5) is 30.7 Å². The van der Waals surface area contributed by atoms with Gasteiger partial charge in [0.15, 0.2) is 5.65 Å². The Morgan fingerprint density at radius 2 is 1.76 bits per heavy atom. The van der Waals surface area contributed by atoms with Gasteiger partial charge >= 0.3 is 12.8 Å². The Morgan fingerprint density at radius 3 is 2.42 bits per heavy atom. The monoisotopic (exact) mass is 648 g/mol. The molecule has 45 heavy (non-hydrogen) atoms. The van der Waals surface area contributed by atoms with Gasteiger partial charge in [-0.15, -0.1) is 0 Å². The van der Waals surface area contributed by atoms with Crippen LogP contribution in [-0.2, 0) is 16.1 Å². The summed E-state index contributed by atoms with van der Waals surface area (Å²) in [6.45, 7) is -3.63. The van der Waals surface area contributed by atoms with Crippen molar-refractivity contribution >= 4 is 17.5 Å². The van der Waals surface area contributed by atoms with Crippen LogP contribution < -0.4 is 10.6 Å². The van der Waals surface area contributed by atoms with Crippen LogP contribution in [0.25, 0.3) is 5.65 Å². The van der Waals surface area contributed by atoms with Gasteiger partial charge in [-0.1, -0.05) is 0 Å². The van der Waals surface area contributed by atoms with Crippen molar-refractivity contribution in [3.05, 3.63) is 41.9 Å². The molecule has 2 fully saturated rings. The Bertz CT molecular complexity index is 1480. The minimum atomic E-state index is -4.46. The lowest BCUT2D eigenvalue weighted by atomic mass is 9.81. The zero-order chi connectivity index (χ0) is 32.4. The van der Waals surface area contributed by atoms with Crippen LogP contribution in [0.1, 0.15) is 85.3 Å². The first-order valence-corrected chi connectivity index (χ1v) is 14.5. The maximum Gasteiger partial charge on any atom is 0.389 e. The van der Waals surface area contributed by atoms with Crippen LogP contribution >= 0.6 is 0 Å². The first-order valence-electron chi connectivity index (χ1n) is 14.5. The fourth-order valence-electron chi connectivity index (χ4n) is 5.50. The number of rotatable bonds is 13. The van der Waals surface area contributed by atoms with Gasteiger partial charge in [0.1, 0.15) is 6.33 Å². The molecule has 246 valence electrons. The molecule has 18 heteroatoms. The van der Waals surface area contributed by atoms with Crippen LogP contribution in [0.15, 0.2) is 24.8 Å². The number of hydrogen-bond donors (Lipinski definition) is 2. The lowest BCUT2D eigenvalue weighted by Crippen LogP contribution is -2.38. The molecule has 2 saturated carbocycles. The first-order chi connectivity index (χ1) is 21.3. The van der Waals surface area contributed by atoms with Gasteiger partial charge in [0, 0.05) is 19.3 Å². The Hall–Kier alpha value is -3.83. The molecule has 0 aliphatic heterocycles. The number of hydrogen-bond acceptors (Lipinski definition) is 7. The largest absolute Gasteiger partial charge is 0.389 e. The molecule has 2 amide bonds. The second-order valence-corrected chi connectivity index (χ2v) is 11.3. The van der Waals surface area contributed by atoms with Gasteiger partial charge in [-0.2, -0.15) is 32.1 Å². The topological polar surface area (TPSA) is 128 Å². The van der Waals surface area contributed by atoms with Crippen molar-refractivity contribution in [1.82, 2.24) is 40.0 Å². The molecule has 0 saturated heterocycles. The third kappa shape index (κ3) is 8.67. The van der Waals surface area contributed by atoms with E-state index in [-0.39, 0.29) is 31.1 Å². The van der Waals surface area contributed by atoms with Crippen molar-refractivity contribution in [3.8, 4) is 0 Å². The van der Waals surface area contributed by atoms with E-state index < -0.39 is 80.8 Å². The van der Waals surface area contributed by atoms with E-state index >= 15 is 0 Å². The number of amides is 2. The average Bonchev–Trinajstić information content (AvgIpc) is 3.54. The van der Waals surface area contributed by atoms with Crippen LogP contribution in [0.5, 0.6) is 0 Å². The van der Waals surface area contributed by atoms with E-state index in [4.69, 9.17) is 0 Å². The third-order valence-electron chi connectivity index (χ3n) is 7.97. The van der Waals surface area contributed by atoms with Crippen LogP contribution in [0.3, 0.4) is 0 Å². The zero-order valence-corrected chi connectivity index (χ0v) is 23.8. The summed E-state index contributed by atoms with van der Waals surface area (Å²) in [5.74, 6) is -4.92. The number of ether oxygens (including phenoxy) is 1. The smallest absolute Gasteiger partial charge is 0.349 e. The molecule has 2 atom stereocenters. The minimum absolute atomic E-state index is 0.0258. The van der Waals surface area contributed by atoms with Gasteiger partial charge in [-0.3, -0.25) is 9.59 Å². The maximum absolute atomic E-state index is 14.0. The fraction of sp³-hybridized carbons (Fsp3) is 0.630. The third-order valence-corrected chi connectivity index (χ3v) is 7.97. The lowest BCUT2D eigenvalue weighted by Gasteiger charge is -2.33. The molecule has 3 heterocycles. The molecule has 1 unspecified atom stereocenters. The minimum Gasteiger partial charge on any atom is -0.349 e. The number of imidazole rings is 1. The summed E-state index contributed by atoms with van der Waals surface area (Å²) in [7, 11) is 0. The molecule has 3 aromatic rings. The lowest BCUT2D eigenvalue weighted by molar-refractivity contribution is -0.144. The molecule has 2 aliphatic rings. The van der Waals surface area contributed by atoms with E-state index in [2.05, 4.69) is 35.5 Å². The van der Waals surface area contributed by atoms with Crippen molar-refractivity contribution in [2.75, 3.05) is 6.61 Å². The number of aromatic nitrogens is 6. The van der Waals surface area contributed by atoms with Crippen LogP contribution in [0.2, 0.25) is 0 Å². The summed E-state index contributed by atoms with van der Waals surface area (Å²) in [5, 5.41) is 13.7. The van der Waals surface area contributed by atoms with E-state index in [0.29, 0.717) is 16.9 Å². The molecule has 0 bridgehead atoms. The second-order valence-electron chi connectivity index (χ2n) is 11.3. The maximum atomic E-state index is 14.0. The van der Waals surface area contributed by atoms with E-state index in [9.17, 15) is 40.3 Å². The van der Waals surface area contributed by atoms with E-state index in [1.165, 1.54) is 16.9 Å². The van der Waals surface area contributed by atoms with E-state index in [0.717, 1.165) is 23.9 Å². The van der Waals surface area contributed by atoms with Crippen molar-refractivity contribution < 1.29 is 45.1 Å². The molecule has 2 aliphatic carbocycles. The Morgan fingerprint density at radius 1 is 1.04 bits per heavy atom. The highest BCUT2D eigenvalue weighted by molar-refractivity contribution is 5.90.